The summed E-state index contributed by atoms with van der Waals surface area (Å²) in [5, 5.41) is 8.16. The Labute approximate surface area is 88.5 Å². The molecule has 15 heavy (non-hydrogen) atoms. The number of hydrogen-bond donors (Lipinski definition) is 0. The van der Waals surface area contributed by atoms with Gasteiger partial charge in [0.05, 0.1) is 12.1 Å². The average Bonchev–Trinajstić information content (AvgIpc) is 2.18. The molecule has 78 valence electrons. The van der Waals surface area contributed by atoms with E-state index in [-0.39, 0.29) is 4.90 Å². The Balaban J connectivity index is 2.93. The maximum absolute atomic E-state index is 11.4. The topological polar surface area (TPSA) is 67.2 Å². The molecule has 0 aliphatic rings. The van der Waals surface area contributed by atoms with Crippen molar-refractivity contribution in [2.24, 2.45) is 0 Å². The maximum atomic E-state index is 11.4. The van der Waals surface area contributed by atoms with Crippen molar-refractivity contribution in [3.8, 4) is 6.07 Å². The molecule has 4 nitrogen and oxygen atoms in total. The molecule has 0 aromatic heterocycles. The van der Waals surface area contributed by atoms with Crippen LogP contribution in [0.1, 0.15) is 5.56 Å². The second-order valence-corrected chi connectivity index (χ2v) is 4.37. The van der Waals surface area contributed by atoms with Crippen LogP contribution in [0.4, 0.5) is 0 Å². The quantitative estimate of drug-likeness (QED) is 0.444. The lowest BCUT2D eigenvalue weighted by molar-refractivity contribution is 0.443. The van der Waals surface area contributed by atoms with E-state index in [0.717, 1.165) is 17.9 Å². The fourth-order valence-electron chi connectivity index (χ4n) is 0.892. The summed E-state index contributed by atoms with van der Waals surface area (Å²) in [7, 11) is -3.79. The Morgan fingerprint density at radius 2 is 1.93 bits per heavy atom. The van der Waals surface area contributed by atoms with E-state index in [1.165, 1.54) is 12.1 Å². The lowest BCUT2D eigenvalue weighted by atomic mass is 10.2. The fraction of sp³-hybridized carbons (Fsp3) is 0.100. The summed E-state index contributed by atoms with van der Waals surface area (Å²) >= 11 is 0. The Morgan fingerprint density at radius 1 is 1.33 bits per heavy atom. The smallest absolute Gasteiger partial charge is 0.338 e. The molecule has 0 atom stereocenters. The van der Waals surface area contributed by atoms with Crippen LogP contribution in [0.25, 0.3) is 0 Å². The highest BCUT2D eigenvalue weighted by molar-refractivity contribution is 7.86. The monoisotopic (exact) mass is 223 g/mol. The van der Waals surface area contributed by atoms with Crippen LogP contribution in [0.15, 0.2) is 41.5 Å². The van der Waals surface area contributed by atoms with Gasteiger partial charge in [-0.05, 0) is 19.1 Å². The lowest BCUT2D eigenvalue weighted by Gasteiger charge is -2.02. The molecule has 1 rings (SSSR count). The molecule has 0 saturated carbocycles. The van der Waals surface area contributed by atoms with E-state index in [1.54, 1.807) is 18.2 Å². The number of rotatable bonds is 3. The van der Waals surface area contributed by atoms with Gasteiger partial charge in [0.1, 0.15) is 11.2 Å². The van der Waals surface area contributed by atoms with Crippen molar-refractivity contribution in [1.82, 2.24) is 0 Å². The Bertz CT molecular complexity index is 494. The summed E-state index contributed by atoms with van der Waals surface area (Å²) in [6.07, 6.45) is 1.79. The largest absolute Gasteiger partial charge is 0.386 e. The number of hydrogen-bond acceptors (Lipinski definition) is 4. The van der Waals surface area contributed by atoms with Gasteiger partial charge in [0.25, 0.3) is 0 Å². The van der Waals surface area contributed by atoms with Crippen LogP contribution in [0.5, 0.6) is 0 Å². The normalized spacial score (nSPS) is 11.2. The minimum atomic E-state index is -3.79. The summed E-state index contributed by atoms with van der Waals surface area (Å²) in [6.45, 7) is 1.85. The Hall–Kier alpha value is -1.80. The van der Waals surface area contributed by atoms with Gasteiger partial charge in [0, 0.05) is 0 Å². The van der Waals surface area contributed by atoms with E-state index >= 15 is 0 Å². The van der Waals surface area contributed by atoms with Crippen LogP contribution in [-0.4, -0.2) is 8.42 Å². The number of aryl methyl sites for hydroxylation is 1. The van der Waals surface area contributed by atoms with Crippen molar-refractivity contribution in [2.75, 3.05) is 0 Å². The van der Waals surface area contributed by atoms with Crippen LogP contribution in [0.3, 0.4) is 0 Å². The molecule has 0 spiro atoms. The summed E-state index contributed by atoms with van der Waals surface area (Å²) in [6, 6.07) is 7.87. The van der Waals surface area contributed by atoms with Gasteiger partial charge in [-0.3, -0.25) is 0 Å². The van der Waals surface area contributed by atoms with Crippen molar-refractivity contribution in [3.05, 3.63) is 42.2 Å². The van der Waals surface area contributed by atoms with E-state index in [2.05, 4.69) is 4.18 Å². The van der Waals surface area contributed by atoms with Crippen molar-refractivity contribution in [1.29, 1.82) is 5.26 Å². The molecule has 0 fully saturated rings. The van der Waals surface area contributed by atoms with Gasteiger partial charge in [-0.25, -0.2) is 0 Å². The first-order valence-corrected chi connectivity index (χ1v) is 5.52. The number of allylic oxidation sites excluding steroid dienone is 1. The molecule has 0 bridgehead atoms. The number of benzene rings is 1. The number of nitriles is 1. The first kappa shape index (κ1) is 11.3. The molecule has 1 aromatic rings. The maximum Gasteiger partial charge on any atom is 0.338 e. The highest BCUT2D eigenvalue weighted by Crippen LogP contribution is 2.13. The van der Waals surface area contributed by atoms with Gasteiger partial charge in [-0.2, -0.15) is 13.7 Å². The van der Waals surface area contributed by atoms with Crippen LogP contribution in [0, 0.1) is 18.3 Å². The van der Waals surface area contributed by atoms with E-state index in [1.807, 2.05) is 6.92 Å². The first-order chi connectivity index (χ1) is 7.06. The van der Waals surface area contributed by atoms with Gasteiger partial charge < -0.3 is 4.18 Å². The average molecular weight is 223 g/mol. The number of nitrogens with zero attached hydrogens (tertiary/aromatic N) is 1. The Morgan fingerprint density at radius 3 is 2.47 bits per heavy atom. The summed E-state index contributed by atoms with van der Waals surface area (Å²) in [4.78, 5) is 0.0655. The third-order valence-electron chi connectivity index (χ3n) is 1.63. The van der Waals surface area contributed by atoms with E-state index in [0.29, 0.717) is 0 Å². The molecular weight excluding hydrogens is 214 g/mol. The van der Waals surface area contributed by atoms with Gasteiger partial charge in [-0.1, -0.05) is 17.7 Å². The minimum Gasteiger partial charge on any atom is -0.386 e. The van der Waals surface area contributed by atoms with E-state index < -0.39 is 10.1 Å². The van der Waals surface area contributed by atoms with Gasteiger partial charge in [-0.15, -0.1) is 0 Å². The van der Waals surface area contributed by atoms with Crippen LogP contribution >= 0.6 is 0 Å². The lowest BCUT2D eigenvalue weighted by Crippen LogP contribution is -2.01. The van der Waals surface area contributed by atoms with Gasteiger partial charge in [0.15, 0.2) is 0 Å². The second-order valence-electron chi connectivity index (χ2n) is 2.80. The summed E-state index contributed by atoms with van der Waals surface area (Å²) < 4.78 is 27.3. The minimum absolute atomic E-state index is 0.0655. The van der Waals surface area contributed by atoms with E-state index in [4.69, 9.17) is 5.26 Å². The molecule has 0 unspecified atom stereocenters. The third-order valence-corrected chi connectivity index (χ3v) is 2.85. The van der Waals surface area contributed by atoms with Gasteiger partial charge in [0.2, 0.25) is 0 Å². The van der Waals surface area contributed by atoms with Crippen molar-refractivity contribution >= 4 is 10.1 Å². The third kappa shape index (κ3) is 3.11. The van der Waals surface area contributed by atoms with Crippen LogP contribution in [0.2, 0.25) is 0 Å². The van der Waals surface area contributed by atoms with Crippen molar-refractivity contribution in [2.45, 2.75) is 11.8 Å². The molecule has 5 heteroatoms. The zero-order valence-electron chi connectivity index (χ0n) is 8.04. The predicted octanol–water partition coefficient (Wildman–Crippen LogP) is 1.74. The summed E-state index contributed by atoms with van der Waals surface area (Å²) in [5.41, 5.74) is 0.960. The first-order valence-electron chi connectivity index (χ1n) is 4.11. The van der Waals surface area contributed by atoms with Crippen LogP contribution < -0.4 is 0 Å². The standard InChI is InChI=1S/C10H9NO3S/c1-9-3-5-10(6-4-9)15(12,13)14-8-2-7-11/h2-6,8H,1H3/b8-2+. The molecule has 0 heterocycles. The second kappa shape index (κ2) is 4.62. The zero-order chi connectivity index (χ0) is 11.3. The SMILES string of the molecule is Cc1ccc(S(=O)(=O)O/C=C/C#N)cc1. The summed E-state index contributed by atoms with van der Waals surface area (Å²) in [5.74, 6) is 0. The molecule has 0 saturated heterocycles. The van der Waals surface area contributed by atoms with Gasteiger partial charge >= 0.3 is 10.1 Å². The molecule has 0 amide bonds. The molecule has 0 radical (unpaired) electrons. The van der Waals surface area contributed by atoms with Crippen LogP contribution in [-0.2, 0) is 14.3 Å². The fourth-order valence-corrected chi connectivity index (χ4v) is 1.67. The van der Waals surface area contributed by atoms with E-state index in [9.17, 15) is 8.42 Å². The molecule has 0 aliphatic carbocycles. The van der Waals surface area contributed by atoms with Crippen molar-refractivity contribution < 1.29 is 12.6 Å². The van der Waals surface area contributed by atoms with Crippen molar-refractivity contribution in [3.63, 3.8) is 0 Å². The molecule has 0 aliphatic heterocycles. The highest BCUT2D eigenvalue weighted by Gasteiger charge is 2.12. The molecular formula is C10H9NO3S. The Kier molecular flexibility index (Phi) is 3.47. The molecule has 0 N–H and O–H groups in total. The predicted molar refractivity (Wildman–Crippen MR) is 54.2 cm³/mol. The highest BCUT2D eigenvalue weighted by atomic mass is 32.2. The molecule has 1 aromatic carbocycles. The zero-order valence-corrected chi connectivity index (χ0v) is 8.86.